The molecule has 2 rings (SSSR count). The fraction of sp³-hybridized carbons (Fsp3) is 0.636. The molecule has 0 amide bonds. The first kappa shape index (κ1) is 11.1. The number of hydrogen-bond acceptors (Lipinski definition) is 3. The van der Waals surface area contributed by atoms with Crippen LogP contribution >= 0.6 is 22.6 Å². The molecule has 0 bridgehead atoms. The van der Waals surface area contributed by atoms with Gasteiger partial charge in [0, 0.05) is 12.3 Å². The van der Waals surface area contributed by atoms with Crippen molar-refractivity contribution in [2.75, 3.05) is 5.73 Å². The summed E-state index contributed by atoms with van der Waals surface area (Å²) in [4.78, 5) is 8.98. The Labute approximate surface area is 104 Å². The van der Waals surface area contributed by atoms with E-state index in [9.17, 15) is 0 Å². The smallest absolute Gasteiger partial charge is 0.140 e. The monoisotopic (exact) mass is 317 g/mol. The number of aromatic nitrogens is 2. The minimum Gasteiger partial charge on any atom is -0.383 e. The molecule has 0 unspecified atom stereocenters. The van der Waals surface area contributed by atoms with E-state index in [-0.39, 0.29) is 0 Å². The molecule has 0 aliphatic heterocycles. The molecule has 0 saturated heterocycles. The molecule has 2 N–H and O–H groups in total. The first-order valence-electron chi connectivity index (χ1n) is 5.39. The number of hydrogen-bond donors (Lipinski definition) is 1. The fourth-order valence-electron chi connectivity index (χ4n) is 1.62. The minimum atomic E-state index is 0.580. The summed E-state index contributed by atoms with van der Waals surface area (Å²) in [6.07, 6.45) is 3.43. The maximum Gasteiger partial charge on any atom is 0.140 e. The molecule has 15 heavy (non-hydrogen) atoms. The molecule has 1 fully saturated rings. The lowest BCUT2D eigenvalue weighted by Gasteiger charge is -2.09. The maximum atomic E-state index is 5.90. The molecular weight excluding hydrogens is 301 g/mol. The molecule has 1 saturated carbocycles. The largest absolute Gasteiger partial charge is 0.383 e. The van der Waals surface area contributed by atoms with E-state index in [2.05, 4.69) is 46.4 Å². The van der Waals surface area contributed by atoms with Crippen molar-refractivity contribution in [3.63, 3.8) is 0 Å². The van der Waals surface area contributed by atoms with Gasteiger partial charge >= 0.3 is 0 Å². The van der Waals surface area contributed by atoms with E-state index in [1.54, 1.807) is 0 Å². The van der Waals surface area contributed by atoms with Crippen LogP contribution in [0.15, 0.2) is 0 Å². The molecular formula is C11H16IN3. The average molecular weight is 317 g/mol. The van der Waals surface area contributed by atoms with E-state index >= 15 is 0 Å². The quantitative estimate of drug-likeness (QED) is 0.872. The zero-order chi connectivity index (χ0) is 11.0. The Morgan fingerprint density at radius 3 is 2.60 bits per heavy atom. The van der Waals surface area contributed by atoms with Crippen LogP contribution in [0.25, 0.3) is 0 Å². The van der Waals surface area contributed by atoms with Gasteiger partial charge in [0.1, 0.15) is 11.6 Å². The van der Waals surface area contributed by atoms with Crippen LogP contribution in [-0.4, -0.2) is 9.97 Å². The summed E-state index contributed by atoms with van der Waals surface area (Å²) in [7, 11) is 0. The van der Waals surface area contributed by atoms with Crippen molar-refractivity contribution in [2.45, 2.75) is 39.0 Å². The first-order chi connectivity index (χ1) is 7.08. The van der Waals surface area contributed by atoms with Gasteiger partial charge in [-0.25, -0.2) is 9.97 Å². The van der Waals surface area contributed by atoms with Crippen LogP contribution in [0.4, 0.5) is 5.82 Å². The fourth-order valence-corrected chi connectivity index (χ4v) is 2.30. The van der Waals surface area contributed by atoms with Crippen LogP contribution in [-0.2, 0) is 6.42 Å². The van der Waals surface area contributed by atoms with E-state index < -0.39 is 0 Å². The van der Waals surface area contributed by atoms with Crippen molar-refractivity contribution in [3.8, 4) is 0 Å². The summed E-state index contributed by atoms with van der Waals surface area (Å²) in [5, 5.41) is 0. The third-order valence-corrected chi connectivity index (χ3v) is 3.61. The van der Waals surface area contributed by atoms with Crippen LogP contribution in [0.2, 0.25) is 0 Å². The highest BCUT2D eigenvalue weighted by molar-refractivity contribution is 14.1. The Morgan fingerprint density at radius 1 is 1.40 bits per heavy atom. The number of nitrogens with zero attached hydrogens (tertiary/aromatic N) is 2. The van der Waals surface area contributed by atoms with Gasteiger partial charge < -0.3 is 5.73 Å². The van der Waals surface area contributed by atoms with Gasteiger partial charge in [-0.2, -0.15) is 0 Å². The first-order valence-corrected chi connectivity index (χ1v) is 6.47. The standard InChI is InChI=1S/C11H16IN3/c1-6(2)5-8-14-10(7-3-4-7)9(12)11(13)15-8/h6-7H,3-5H2,1-2H3,(H2,13,14,15). The topological polar surface area (TPSA) is 51.8 Å². The van der Waals surface area contributed by atoms with Crippen molar-refractivity contribution >= 4 is 28.4 Å². The van der Waals surface area contributed by atoms with Gasteiger partial charge in [0.15, 0.2) is 0 Å². The lowest BCUT2D eigenvalue weighted by Crippen LogP contribution is -2.08. The third-order valence-electron chi connectivity index (χ3n) is 2.50. The van der Waals surface area contributed by atoms with Crippen molar-refractivity contribution in [2.24, 2.45) is 5.92 Å². The van der Waals surface area contributed by atoms with Gasteiger partial charge in [-0.05, 0) is 41.4 Å². The number of nitrogen functional groups attached to an aromatic ring is 1. The summed E-state index contributed by atoms with van der Waals surface area (Å²) in [5.74, 6) is 2.79. The Hall–Kier alpha value is -0.390. The highest BCUT2D eigenvalue weighted by Gasteiger charge is 2.28. The van der Waals surface area contributed by atoms with Gasteiger partial charge in [0.2, 0.25) is 0 Å². The molecule has 0 aromatic carbocycles. The van der Waals surface area contributed by atoms with E-state index in [4.69, 9.17) is 5.73 Å². The van der Waals surface area contributed by atoms with Crippen LogP contribution in [0.1, 0.15) is 44.1 Å². The van der Waals surface area contributed by atoms with Crippen molar-refractivity contribution in [1.82, 2.24) is 9.97 Å². The molecule has 1 aliphatic carbocycles. The summed E-state index contributed by atoms with van der Waals surface area (Å²) in [6.45, 7) is 4.35. The van der Waals surface area contributed by atoms with Crippen molar-refractivity contribution in [1.29, 1.82) is 0 Å². The Kier molecular flexibility index (Phi) is 3.13. The summed E-state index contributed by atoms with van der Waals surface area (Å²) in [6, 6.07) is 0. The predicted octanol–water partition coefficient (Wildman–Crippen LogP) is 2.74. The number of nitrogens with two attached hydrogens (primary N) is 1. The maximum absolute atomic E-state index is 5.90. The molecule has 1 aromatic heterocycles. The molecule has 0 spiro atoms. The van der Waals surface area contributed by atoms with Crippen LogP contribution in [0, 0.1) is 9.49 Å². The molecule has 3 nitrogen and oxygen atoms in total. The lowest BCUT2D eigenvalue weighted by molar-refractivity contribution is 0.617. The second-order valence-electron chi connectivity index (χ2n) is 4.60. The zero-order valence-corrected chi connectivity index (χ0v) is 11.3. The predicted molar refractivity (Wildman–Crippen MR) is 69.7 cm³/mol. The molecule has 1 aliphatic rings. The molecule has 0 atom stereocenters. The van der Waals surface area contributed by atoms with E-state index in [1.807, 2.05) is 0 Å². The van der Waals surface area contributed by atoms with E-state index in [0.29, 0.717) is 17.7 Å². The summed E-state index contributed by atoms with van der Waals surface area (Å²) >= 11 is 2.26. The second kappa shape index (κ2) is 4.23. The molecule has 4 heteroatoms. The Bertz CT molecular complexity index is 372. The zero-order valence-electron chi connectivity index (χ0n) is 9.13. The third kappa shape index (κ3) is 2.59. The highest BCUT2D eigenvalue weighted by Crippen LogP contribution is 2.41. The van der Waals surface area contributed by atoms with Crippen LogP contribution in [0.5, 0.6) is 0 Å². The van der Waals surface area contributed by atoms with Crippen LogP contribution < -0.4 is 5.73 Å². The van der Waals surface area contributed by atoms with Crippen molar-refractivity contribution in [3.05, 3.63) is 15.1 Å². The van der Waals surface area contributed by atoms with Gasteiger partial charge in [-0.1, -0.05) is 13.8 Å². The molecule has 1 heterocycles. The summed E-state index contributed by atoms with van der Waals surface area (Å²) < 4.78 is 1.06. The Morgan fingerprint density at radius 2 is 2.07 bits per heavy atom. The molecule has 82 valence electrons. The normalized spacial score (nSPS) is 16.0. The van der Waals surface area contributed by atoms with Gasteiger partial charge in [0.05, 0.1) is 9.26 Å². The van der Waals surface area contributed by atoms with Gasteiger partial charge in [0.25, 0.3) is 0 Å². The van der Waals surface area contributed by atoms with Crippen LogP contribution in [0.3, 0.4) is 0 Å². The highest BCUT2D eigenvalue weighted by atomic mass is 127. The lowest BCUT2D eigenvalue weighted by atomic mass is 10.1. The average Bonchev–Trinajstić information content (AvgIpc) is 2.93. The van der Waals surface area contributed by atoms with E-state index in [1.165, 1.54) is 18.5 Å². The van der Waals surface area contributed by atoms with Gasteiger partial charge in [-0.15, -0.1) is 0 Å². The molecule has 0 radical (unpaired) electrons. The number of anilines is 1. The summed E-state index contributed by atoms with van der Waals surface area (Å²) in [5.41, 5.74) is 7.08. The minimum absolute atomic E-state index is 0.580. The second-order valence-corrected chi connectivity index (χ2v) is 5.68. The molecule has 1 aromatic rings. The SMILES string of the molecule is CC(C)Cc1nc(N)c(I)c(C2CC2)n1. The Balaban J connectivity index is 2.32. The number of rotatable bonds is 3. The van der Waals surface area contributed by atoms with Gasteiger partial charge in [-0.3, -0.25) is 0 Å². The van der Waals surface area contributed by atoms with Crippen molar-refractivity contribution < 1.29 is 0 Å². The van der Waals surface area contributed by atoms with E-state index in [0.717, 1.165) is 15.8 Å². The number of halogens is 1.